The normalized spacial score (nSPS) is 11.3. The predicted molar refractivity (Wildman–Crippen MR) is 101 cm³/mol. The van der Waals surface area contributed by atoms with Crippen LogP contribution in [0.1, 0.15) is 70.8 Å². The van der Waals surface area contributed by atoms with Gasteiger partial charge in [-0.15, -0.1) is 0 Å². The second kappa shape index (κ2) is 13.6. The number of nitrogens with one attached hydrogen (secondary N) is 1. The number of rotatable bonds is 13. The van der Waals surface area contributed by atoms with E-state index in [2.05, 4.69) is 24.4 Å². The van der Waals surface area contributed by atoms with E-state index in [0.717, 1.165) is 18.5 Å². The largest absolute Gasteiger partial charge is 0.462 e. The molecule has 0 amide bonds. The molecular formula is C21H33NO2. The van der Waals surface area contributed by atoms with Gasteiger partial charge in [0.15, 0.2) is 0 Å². The molecule has 0 radical (unpaired) electrons. The molecule has 0 aromatic heterocycles. The summed E-state index contributed by atoms with van der Waals surface area (Å²) < 4.78 is 5.25. The van der Waals surface area contributed by atoms with Crippen LogP contribution < -0.4 is 5.32 Å². The summed E-state index contributed by atoms with van der Waals surface area (Å²) in [6, 6.07) is 10.1. The quantitative estimate of drug-likeness (QED) is 0.300. The zero-order chi connectivity index (χ0) is 17.5. The average molecular weight is 332 g/mol. The zero-order valence-corrected chi connectivity index (χ0v) is 15.4. The lowest BCUT2D eigenvalue weighted by Crippen LogP contribution is -2.13. The van der Waals surface area contributed by atoms with E-state index in [9.17, 15) is 4.79 Å². The molecule has 1 rings (SSSR count). The molecule has 0 unspecified atom stereocenters. The summed E-state index contributed by atoms with van der Waals surface area (Å²) in [5.74, 6) is -0.254. The van der Waals surface area contributed by atoms with Crippen molar-refractivity contribution in [3.63, 3.8) is 0 Å². The molecule has 0 fully saturated rings. The van der Waals surface area contributed by atoms with Gasteiger partial charge in [0.1, 0.15) is 0 Å². The van der Waals surface area contributed by atoms with Crippen LogP contribution in [0.3, 0.4) is 0 Å². The Morgan fingerprint density at radius 2 is 1.62 bits per heavy atom. The molecule has 1 N–H and O–H groups in total. The maximum Gasteiger partial charge on any atom is 0.332 e. The molecule has 0 spiro atoms. The van der Waals surface area contributed by atoms with Crippen LogP contribution >= 0.6 is 0 Å². The molecule has 0 aliphatic carbocycles. The molecule has 134 valence electrons. The number of benzene rings is 1. The Hall–Kier alpha value is -1.77. The lowest BCUT2D eigenvalue weighted by atomic mass is 10.1. The highest BCUT2D eigenvalue weighted by Gasteiger charge is 2.00. The molecule has 0 saturated carbocycles. The van der Waals surface area contributed by atoms with Gasteiger partial charge in [-0.1, -0.05) is 82.2 Å². The van der Waals surface area contributed by atoms with Crippen LogP contribution in [0.15, 0.2) is 42.1 Å². The molecule has 3 heteroatoms. The van der Waals surface area contributed by atoms with E-state index in [1.54, 1.807) is 0 Å². The smallest absolute Gasteiger partial charge is 0.332 e. The molecule has 0 aliphatic heterocycles. The van der Waals surface area contributed by atoms with Gasteiger partial charge in [0.25, 0.3) is 0 Å². The number of unbranched alkanes of at least 4 members (excludes halogenated alkanes) is 7. The highest BCUT2D eigenvalue weighted by molar-refractivity contribution is 5.82. The zero-order valence-electron chi connectivity index (χ0n) is 15.4. The van der Waals surface area contributed by atoms with E-state index >= 15 is 0 Å². The molecule has 0 heterocycles. The molecule has 3 nitrogen and oxygen atoms in total. The first-order valence-electron chi connectivity index (χ1n) is 9.35. The third kappa shape index (κ3) is 10.9. The minimum Gasteiger partial charge on any atom is -0.462 e. The fourth-order valence-corrected chi connectivity index (χ4v) is 2.52. The number of carbonyl (C=O) groups is 1. The Labute approximate surface area is 147 Å². The molecule has 24 heavy (non-hydrogen) atoms. The van der Waals surface area contributed by atoms with Crippen molar-refractivity contribution in [3.05, 3.63) is 47.7 Å². The number of allylic oxidation sites excluding steroid dienone is 1. The fraction of sp³-hybridized carbons (Fsp3) is 0.571. The SMILES string of the molecule is CCCCCCCCCCOC(=O)/C=C(\C)NCc1ccccc1. The van der Waals surface area contributed by atoms with Gasteiger partial charge in [-0.3, -0.25) is 0 Å². The number of hydrogen-bond donors (Lipinski definition) is 1. The van der Waals surface area contributed by atoms with Crippen LogP contribution in [0.25, 0.3) is 0 Å². The van der Waals surface area contributed by atoms with Gasteiger partial charge >= 0.3 is 5.97 Å². The van der Waals surface area contributed by atoms with Crippen LogP contribution in [0.5, 0.6) is 0 Å². The highest BCUT2D eigenvalue weighted by atomic mass is 16.5. The third-order valence-electron chi connectivity index (χ3n) is 3.99. The monoisotopic (exact) mass is 331 g/mol. The van der Waals surface area contributed by atoms with Crippen molar-refractivity contribution < 1.29 is 9.53 Å². The first kappa shape index (κ1) is 20.3. The lowest BCUT2D eigenvalue weighted by Gasteiger charge is -2.07. The van der Waals surface area contributed by atoms with E-state index < -0.39 is 0 Å². The maximum absolute atomic E-state index is 11.7. The summed E-state index contributed by atoms with van der Waals surface area (Å²) >= 11 is 0. The van der Waals surface area contributed by atoms with Crippen LogP contribution in [0.4, 0.5) is 0 Å². The molecule has 0 aliphatic rings. The lowest BCUT2D eigenvalue weighted by molar-refractivity contribution is -0.137. The van der Waals surface area contributed by atoms with Crippen LogP contribution in [-0.2, 0) is 16.1 Å². The van der Waals surface area contributed by atoms with Crippen LogP contribution in [0, 0.1) is 0 Å². The Balaban J connectivity index is 2.03. The summed E-state index contributed by atoms with van der Waals surface area (Å²) in [7, 11) is 0. The van der Waals surface area contributed by atoms with Gasteiger partial charge in [0.05, 0.1) is 6.61 Å². The number of hydrogen-bond acceptors (Lipinski definition) is 3. The Bertz CT molecular complexity index is 468. The third-order valence-corrected chi connectivity index (χ3v) is 3.99. The summed E-state index contributed by atoms with van der Waals surface area (Å²) in [6.07, 6.45) is 11.5. The molecule has 1 aromatic rings. The fourth-order valence-electron chi connectivity index (χ4n) is 2.52. The van der Waals surface area contributed by atoms with E-state index in [1.165, 1.54) is 50.2 Å². The van der Waals surface area contributed by atoms with Crippen molar-refractivity contribution in [2.45, 2.75) is 71.8 Å². The Kier molecular flexibility index (Phi) is 11.5. The number of carbonyl (C=O) groups excluding carboxylic acids is 1. The van der Waals surface area contributed by atoms with Crippen LogP contribution in [-0.4, -0.2) is 12.6 Å². The topological polar surface area (TPSA) is 38.3 Å². The molecule has 1 aromatic carbocycles. The van der Waals surface area contributed by atoms with Crippen molar-refractivity contribution in [1.82, 2.24) is 5.32 Å². The predicted octanol–water partition coefficient (Wildman–Crippen LogP) is 5.36. The Morgan fingerprint density at radius 3 is 2.29 bits per heavy atom. The van der Waals surface area contributed by atoms with Gasteiger partial charge in [-0.05, 0) is 18.9 Å². The first-order chi connectivity index (χ1) is 11.7. The minimum absolute atomic E-state index is 0.254. The Morgan fingerprint density at radius 1 is 1.00 bits per heavy atom. The summed E-state index contributed by atoms with van der Waals surface area (Å²) in [6.45, 7) is 5.37. The molecular weight excluding hydrogens is 298 g/mol. The molecule has 0 atom stereocenters. The average Bonchev–Trinajstić information content (AvgIpc) is 2.59. The van der Waals surface area contributed by atoms with Crippen molar-refractivity contribution in [2.75, 3.05) is 6.61 Å². The molecule has 0 bridgehead atoms. The molecule has 0 saturated heterocycles. The highest BCUT2D eigenvalue weighted by Crippen LogP contribution is 2.08. The van der Waals surface area contributed by atoms with Gasteiger partial charge in [-0.25, -0.2) is 4.79 Å². The second-order valence-corrected chi connectivity index (χ2v) is 6.31. The van der Waals surface area contributed by atoms with Gasteiger partial charge in [0, 0.05) is 18.3 Å². The van der Waals surface area contributed by atoms with Gasteiger partial charge in [-0.2, -0.15) is 0 Å². The summed E-state index contributed by atoms with van der Waals surface area (Å²) in [5.41, 5.74) is 2.03. The summed E-state index contributed by atoms with van der Waals surface area (Å²) in [4.78, 5) is 11.7. The van der Waals surface area contributed by atoms with Crippen molar-refractivity contribution >= 4 is 5.97 Å². The van der Waals surface area contributed by atoms with Crippen molar-refractivity contribution in [3.8, 4) is 0 Å². The van der Waals surface area contributed by atoms with E-state index in [4.69, 9.17) is 4.74 Å². The summed E-state index contributed by atoms with van der Waals surface area (Å²) in [5, 5.41) is 3.23. The van der Waals surface area contributed by atoms with Crippen molar-refractivity contribution in [2.24, 2.45) is 0 Å². The van der Waals surface area contributed by atoms with Crippen LogP contribution in [0.2, 0.25) is 0 Å². The second-order valence-electron chi connectivity index (χ2n) is 6.31. The van der Waals surface area contributed by atoms with E-state index in [1.807, 2.05) is 25.1 Å². The van der Waals surface area contributed by atoms with E-state index in [0.29, 0.717) is 13.2 Å². The number of ether oxygens (including phenoxy) is 1. The number of esters is 1. The first-order valence-corrected chi connectivity index (χ1v) is 9.35. The van der Waals surface area contributed by atoms with Crippen molar-refractivity contribution in [1.29, 1.82) is 0 Å². The van der Waals surface area contributed by atoms with Gasteiger partial charge in [0.2, 0.25) is 0 Å². The van der Waals surface area contributed by atoms with Gasteiger partial charge < -0.3 is 10.1 Å². The minimum atomic E-state index is -0.254. The standard InChI is InChI=1S/C21H33NO2/c1-3-4-5-6-7-8-9-13-16-24-21(23)17-19(2)22-18-20-14-11-10-12-15-20/h10-12,14-15,17,22H,3-9,13,16,18H2,1-2H3/b19-17+. The maximum atomic E-state index is 11.7. The van der Waals surface area contributed by atoms with E-state index in [-0.39, 0.29) is 5.97 Å².